The highest BCUT2D eigenvalue weighted by molar-refractivity contribution is 5.84. The monoisotopic (exact) mass is 314 g/mol. The Kier molecular flexibility index (Phi) is 3.68. The minimum atomic E-state index is -4.40. The van der Waals surface area contributed by atoms with E-state index in [2.05, 4.69) is 4.98 Å². The molecule has 22 heavy (non-hydrogen) atoms. The summed E-state index contributed by atoms with van der Waals surface area (Å²) in [6, 6.07) is 5.87. The van der Waals surface area contributed by atoms with Crippen LogP contribution in [0, 0.1) is 12.7 Å². The smallest absolute Gasteiger partial charge is 0.365 e. The molecule has 3 rings (SSSR count). The second kappa shape index (κ2) is 5.39. The fraction of sp³-hybridized carbons (Fsp3) is 0.400. The van der Waals surface area contributed by atoms with E-state index in [9.17, 15) is 17.6 Å². The molecule has 1 aromatic carbocycles. The zero-order valence-corrected chi connectivity index (χ0v) is 11.8. The molecular weight excluding hydrogens is 300 g/mol. The lowest BCUT2D eigenvalue weighted by Crippen LogP contribution is -2.49. The van der Waals surface area contributed by atoms with Gasteiger partial charge in [-0.3, -0.25) is 0 Å². The van der Waals surface area contributed by atoms with Crippen LogP contribution in [-0.2, 0) is 4.74 Å². The maximum absolute atomic E-state index is 13.3. The van der Waals surface area contributed by atoms with E-state index in [1.54, 1.807) is 17.9 Å². The Morgan fingerprint density at radius 1 is 1.27 bits per heavy atom. The summed E-state index contributed by atoms with van der Waals surface area (Å²) in [5, 5.41) is 0.657. The van der Waals surface area contributed by atoms with Gasteiger partial charge in [-0.2, -0.15) is 13.2 Å². The van der Waals surface area contributed by atoms with E-state index < -0.39 is 12.3 Å². The molecule has 3 nitrogen and oxygen atoms in total. The lowest BCUT2D eigenvalue weighted by molar-refractivity contribution is -0.221. The zero-order valence-electron chi connectivity index (χ0n) is 11.8. The van der Waals surface area contributed by atoms with Crippen LogP contribution in [0.3, 0.4) is 0 Å². The standard InChI is InChI=1S/C15H14F4N2O/c1-9-6-14(20-12-3-2-10(16)7-11(9)12)21-4-5-22-13(8-21)15(17,18)19/h2-3,6-7,13H,4-5,8H2,1H3/t13-/m1/s1. The summed E-state index contributed by atoms with van der Waals surface area (Å²) in [7, 11) is 0. The van der Waals surface area contributed by atoms with Crippen LogP contribution >= 0.6 is 0 Å². The molecule has 1 saturated heterocycles. The van der Waals surface area contributed by atoms with Gasteiger partial charge in [-0.25, -0.2) is 9.37 Å². The molecule has 118 valence electrons. The maximum Gasteiger partial charge on any atom is 0.416 e. The minimum Gasteiger partial charge on any atom is -0.365 e. The number of hydrogen-bond donors (Lipinski definition) is 0. The highest BCUT2D eigenvalue weighted by atomic mass is 19.4. The lowest BCUT2D eigenvalue weighted by Gasteiger charge is -2.34. The van der Waals surface area contributed by atoms with E-state index in [4.69, 9.17) is 4.74 Å². The van der Waals surface area contributed by atoms with Crippen molar-refractivity contribution < 1.29 is 22.3 Å². The quantitative estimate of drug-likeness (QED) is 0.754. The number of rotatable bonds is 1. The van der Waals surface area contributed by atoms with Crippen LogP contribution in [0.15, 0.2) is 24.3 Å². The Hall–Kier alpha value is -1.89. The molecule has 0 aliphatic carbocycles. The first-order valence-electron chi connectivity index (χ1n) is 6.85. The van der Waals surface area contributed by atoms with Crippen LogP contribution in [-0.4, -0.2) is 37.0 Å². The van der Waals surface area contributed by atoms with E-state index in [1.807, 2.05) is 0 Å². The maximum atomic E-state index is 13.3. The lowest BCUT2D eigenvalue weighted by atomic mass is 10.1. The third-order valence-corrected chi connectivity index (χ3v) is 3.72. The number of aromatic nitrogens is 1. The van der Waals surface area contributed by atoms with Crippen LogP contribution in [0.5, 0.6) is 0 Å². The molecule has 0 saturated carbocycles. The highest BCUT2D eigenvalue weighted by Gasteiger charge is 2.43. The highest BCUT2D eigenvalue weighted by Crippen LogP contribution is 2.29. The van der Waals surface area contributed by atoms with Gasteiger partial charge in [0.25, 0.3) is 0 Å². The van der Waals surface area contributed by atoms with Crippen molar-refractivity contribution in [2.24, 2.45) is 0 Å². The van der Waals surface area contributed by atoms with Gasteiger partial charge >= 0.3 is 6.18 Å². The molecule has 1 aromatic heterocycles. The first-order chi connectivity index (χ1) is 10.3. The van der Waals surface area contributed by atoms with Gasteiger partial charge in [0.1, 0.15) is 11.6 Å². The number of nitrogens with zero attached hydrogens (tertiary/aromatic N) is 2. The van der Waals surface area contributed by atoms with E-state index in [0.29, 0.717) is 23.3 Å². The number of hydrogen-bond acceptors (Lipinski definition) is 3. The molecule has 0 N–H and O–H groups in total. The average Bonchev–Trinajstić information content (AvgIpc) is 2.47. The van der Waals surface area contributed by atoms with E-state index in [-0.39, 0.29) is 19.0 Å². The number of fused-ring (bicyclic) bond motifs is 1. The van der Waals surface area contributed by atoms with Crippen molar-refractivity contribution in [1.29, 1.82) is 0 Å². The van der Waals surface area contributed by atoms with Crippen LogP contribution in [0.2, 0.25) is 0 Å². The Balaban J connectivity index is 1.94. The summed E-state index contributed by atoms with van der Waals surface area (Å²) in [4.78, 5) is 5.91. The number of benzene rings is 1. The van der Waals surface area contributed by atoms with Crippen LogP contribution in [0.4, 0.5) is 23.4 Å². The van der Waals surface area contributed by atoms with Gasteiger partial charge in [0, 0.05) is 11.9 Å². The van der Waals surface area contributed by atoms with E-state index >= 15 is 0 Å². The normalized spacial score (nSPS) is 19.7. The van der Waals surface area contributed by atoms with Gasteiger partial charge in [-0.05, 0) is 36.8 Å². The van der Waals surface area contributed by atoms with Crippen molar-refractivity contribution in [2.75, 3.05) is 24.6 Å². The van der Waals surface area contributed by atoms with Crippen molar-refractivity contribution in [3.63, 3.8) is 0 Å². The van der Waals surface area contributed by atoms with Crippen LogP contribution in [0.1, 0.15) is 5.56 Å². The average molecular weight is 314 g/mol. The van der Waals surface area contributed by atoms with Gasteiger partial charge in [0.2, 0.25) is 0 Å². The number of ether oxygens (including phenoxy) is 1. The van der Waals surface area contributed by atoms with Gasteiger partial charge in [0.15, 0.2) is 6.10 Å². The first-order valence-corrected chi connectivity index (χ1v) is 6.85. The van der Waals surface area contributed by atoms with Gasteiger partial charge in [0.05, 0.1) is 18.7 Å². The molecule has 1 atom stereocenters. The molecule has 2 aromatic rings. The second-order valence-electron chi connectivity index (χ2n) is 5.31. The predicted octanol–water partition coefficient (Wildman–Crippen LogP) is 3.45. The Bertz CT molecular complexity index is 702. The minimum absolute atomic E-state index is 0.00758. The molecule has 0 bridgehead atoms. The molecule has 1 aliphatic heterocycles. The Morgan fingerprint density at radius 2 is 2.05 bits per heavy atom. The molecule has 1 aliphatic rings. The molecule has 1 fully saturated rings. The SMILES string of the molecule is Cc1cc(N2CCO[C@@H](C(F)(F)F)C2)nc2ccc(F)cc12. The van der Waals surface area contributed by atoms with Crippen LogP contribution < -0.4 is 4.90 Å². The topological polar surface area (TPSA) is 25.4 Å². The summed E-state index contributed by atoms with van der Waals surface area (Å²) >= 11 is 0. The molecule has 0 amide bonds. The predicted molar refractivity (Wildman–Crippen MR) is 74.4 cm³/mol. The number of anilines is 1. The largest absolute Gasteiger partial charge is 0.416 e. The molecule has 0 unspecified atom stereocenters. The summed E-state index contributed by atoms with van der Waals surface area (Å²) < 4.78 is 56.4. The first kappa shape index (κ1) is 15.0. The molecule has 2 heterocycles. The van der Waals surface area contributed by atoms with Crippen molar-refractivity contribution in [3.05, 3.63) is 35.6 Å². The summed E-state index contributed by atoms with van der Waals surface area (Å²) in [6.07, 6.45) is -6.21. The van der Waals surface area contributed by atoms with Crippen LogP contribution in [0.25, 0.3) is 10.9 Å². The summed E-state index contributed by atoms with van der Waals surface area (Å²) in [5.41, 5.74) is 1.33. The van der Waals surface area contributed by atoms with Crippen molar-refractivity contribution >= 4 is 16.7 Å². The number of aryl methyl sites for hydroxylation is 1. The third-order valence-electron chi connectivity index (χ3n) is 3.72. The number of pyridine rings is 1. The molecule has 0 spiro atoms. The molecular formula is C15H14F4N2O. The van der Waals surface area contributed by atoms with Gasteiger partial charge < -0.3 is 9.64 Å². The summed E-state index contributed by atoms with van der Waals surface area (Å²) in [5.74, 6) is 0.0859. The number of halogens is 4. The van der Waals surface area contributed by atoms with E-state index in [0.717, 1.165) is 5.56 Å². The molecule has 7 heteroatoms. The second-order valence-corrected chi connectivity index (χ2v) is 5.31. The van der Waals surface area contributed by atoms with Crippen molar-refractivity contribution in [1.82, 2.24) is 4.98 Å². The Labute approximate surface area is 124 Å². The Morgan fingerprint density at radius 3 is 2.77 bits per heavy atom. The molecule has 0 radical (unpaired) electrons. The number of morpholine rings is 1. The van der Waals surface area contributed by atoms with E-state index in [1.165, 1.54) is 18.2 Å². The fourth-order valence-corrected chi connectivity index (χ4v) is 2.57. The zero-order chi connectivity index (χ0) is 15.9. The van der Waals surface area contributed by atoms with Gasteiger partial charge in [-0.15, -0.1) is 0 Å². The summed E-state index contributed by atoms with van der Waals surface area (Å²) in [6.45, 7) is 1.83. The van der Waals surface area contributed by atoms with Crippen molar-refractivity contribution in [3.8, 4) is 0 Å². The van der Waals surface area contributed by atoms with Crippen molar-refractivity contribution in [2.45, 2.75) is 19.2 Å². The third kappa shape index (κ3) is 2.85. The van der Waals surface area contributed by atoms with Gasteiger partial charge in [-0.1, -0.05) is 0 Å². The fourth-order valence-electron chi connectivity index (χ4n) is 2.57. The number of alkyl halides is 3.